The van der Waals surface area contributed by atoms with Gasteiger partial charge in [0.25, 0.3) is 0 Å². The highest BCUT2D eigenvalue weighted by Gasteiger charge is 2.21. The molecule has 4 rings (SSSR count). The normalized spacial score (nSPS) is 12.4. The van der Waals surface area contributed by atoms with E-state index >= 15 is 0 Å². The van der Waals surface area contributed by atoms with Crippen LogP contribution in [-0.4, -0.2) is 10.1 Å². The van der Waals surface area contributed by atoms with E-state index in [9.17, 15) is 4.39 Å². The van der Waals surface area contributed by atoms with Gasteiger partial charge >= 0.3 is 0 Å². The third kappa shape index (κ3) is 2.90. The van der Waals surface area contributed by atoms with Crippen LogP contribution in [0.4, 0.5) is 4.39 Å². The molecular formula is C20H16FN3O. The predicted octanol–water partition coefficient (Wildman–Crippen LogP) is 4.27. The summed E-state index contributed by atoms with van der Waals surface area (Å²) < 4.78 is 20.0. The molecule has 0 bridgehead atoms. The Morgan fingerprint density at radius 1 is 1.00 bits per heavy atom. The molecule has 0 unspecified atom stereocenters. The summed E-state index contributed by atoms with van der Waals surface area (Å²) in [7, 11) is 0. The minimum absolute atomic E-state index is 0.354. The molecule has 0 radical (unpaired) electrons. The Hall–Kier alpha value is -3.05. The van der Waals surface area contributed by atoms with E-state index in [-0.39, 0.29) is 5.82 Å². The first-order chi connectivity index (χ1) is 12.2. The van der Waals surface area contributed by atoms with Gasteiger partial charge in [0.2, 0.25) is 0 Å². The summed E-state index contributed by atoms with van der Waals surface area (Å²) in [6, 6.07) is 17.5. The van der Waals surface area contributed by atoms with Crippen LogP contribution in [0.25, 0.3) is 22.2 Å². The van der Waals surface area contributed by atoms with Crippen molar-refractivity contribution in [3.63, 3.8) is 0 Å². The second kappa shape index (κ2) is 6.45. The van der Waals surface area contributed by atoms with Gasteiger partial charge < -0.3 is 10.3 Å². The lowest BCUT2D eigenvalue weighted by Crippen LogP contribution is -2.17. The van der Waals surface area contributed by atoms with Crippen LogP contribution >= 0.6 is 0 Å². The van der Waals surface area contributed by atoms with Crippen LogP contribution in [0.15, 0.2) is 71.4 Å². The van der Waals surface area contributed by atoms with Gasteiger partial charge in [0.15, 0.2) is 5.58 Å². The largest absolute Gasteiger partial charge is 0.356 e. The van der Waals surface area contributed by atoms with Crippen molar-refractivity contribution in [3.05, 3.63) is 83.9 Å². The first-order valence-corrected chi connectivity index (χ1v) is 8.02. The Bertz CT molecular complexity index is 1010. The maximum Gasteiger partial charge on any atom is 0.167 e. The summed E-state index contributed by atoms with van der Waals surface area (Å²) >= 11 is 0. The van der Waals surface area contributed by atoms with Crippen molar-refractivity contribution in [1.82, 2.24) is 10.1 Å². The molecule has 0 aliphatic rings. The Labute approximate surface area is 144 Å². The van der Waals surface area contributed by atoms with Crippen LogP contribution in [0.1, 0.15) is 17.3 Å². The second-order valence-electron chi connectivity index (χ2n) is 5.86. The number of hydrogen-bond acceptors (Lipinski definition) is 4. The third-order valence-corrected chi connectivity index (χ3v) is 4.21. The van der Waals surface area contributed by atoms with Gasteiger partial charge in [-0.1, -0.05) is 35.5 Å². The molecule has 4 aromatic rings. The number of para-hydroxylation sites is 1. The van der Waals surface area contributed by atoms with Gasteiger partial charge in [-0.15, -0.1) is 0 Å². The number of aromatic nitrogens is 2. The minimum atomic E-state index is -0.540. The van der Waals surface area contributed by atoms with E-state index in [1.165, 1.54) is 6.07 Å². The average molecular weight is 333 g/mol. The van der Waals surface area contributed by atoms with E-state index in [4.69, 9.17) is 10.3 Å². The van der Waals surface area contributed by atoms with Crippen LogP contribution in [0, 0.1) is 5.82 Å². The van der Waals surface area contributed by atoms with Gasteiger partial charge in [0.1, 0.15) is 11.5 Å². The maximum atomic E-state index is 14.6. The molecule has 0 fully saturated rings. The van der Waals surface area contributed by atoms with Crippen LogP contribution in [0.3, 0.4) is 0 Å². The van der Waals surface area contributed by atoms with Gasteiger partial charge in [-0.05, 0) is 30.3 Å². The maximum absolute atomic E-state index is 14.6. The van der Waals surface area contributed by atoms with E-state index in [0.717, 1.165) is 11.1 Å². The number of nitrogens with two attached hydrogens (primary N) is 1. The molecule has 2 aromatic carbocycles. The molecule has 0 spiro atoms. The summed E-state index contributed by atoms with van der Waals surface area (Å²) in [4.78, 5) is 4.28. The molecule has 0 saturated heterocycles. The molecule has 124 valence electrons. The van der Waals surface area contributed by atoms with E-state index in [1.54, 1.807) is 12.3 Å². The van der Waals surface area contributed by atoms with Crippen molar-refractivity contribution < 1.29 is 8.91 Å². The molecule has 2 heterocycles. The minimum Gasteiger partial charge on any atom is -0.356 e. The molecule has 0 amide bonds. The lowest BCUT2D eigenvalue weighted by atomic mass is 9.93. The molecule has 0 aliphatic heterocycles. The number of rotatable bonds is 4. The lowest BCUT2D eigenvalue weighted by Gasteiger charge is -2.16. The van der Waals surface area contributed by atoms with Crippen molar-refractivity contribution in [2.75, 3.05) is 0 Å². The number of halogens is 1. The zero-order valence-corrected chi connectivity index (χ0v) is 13.4. The van der Waals surface area contributed by atoms with Gasteiger partial charge in [0.05, 0.1) is 0 Å². The van der Waals surface area contributed by atoms with Gasteiger partial charge in [-0.25, -0.2) is 4.39 Å². The van der Waals surface area contributed by atoms with Crippen LogP contribution in [-0.2, 0) is 6.42 Å². The van der Waals surface area contributed by atoms with Crippen LogP contribution in [0.2, 0.25) is 0 Å². The topological polar surface area (TPSA) is 64.9 Å². The lowest BCUT2D eigenvalue weighted by molar-refractivity contribution is 0.459. The van der Waals surface area contributed by atoms with Crippen LogP contribution in [0.5, 0.6) is 0 Å². The van der Waals surface area contributed by atoms with Gasteiger partial charge in [0, 0.05) is 40.9 Å². The van der Waals surface area contributed by atoms with E-state index in [2.05, 4.69) is 10.1 Å². The van der Waals surface area contributed by atoms with E-state index in [0.29, 0.717) is 28.8 Å². The zero-order valence-electron chi connectivity index (χ0n) is 13.4. The molecule has 4 nitrogen and oxygen atoms in total. The monoisotopic (exact) mass is 333 g/mol. The quantitative estimate of drug-likeness (QED) is 0.606. The fourth-order valence-corrected chi connectivity index (χ4v) is 3.05. The fraction of sp³-hybridized carbons (Fsp3) is 0.100. The summed E-state index contributed by atoms with van der Waals surface area (Å²) in [6.45, 7) is 0. The van der Waals surface area contributed by atoms with Crippen molar-refractivity contribution in [1.29, 1.82) is 0 Å². The average Bonchev–Trinajstić information content (AvgIpc) is 3.06. The third-order valence-electron chi connectivity index (χ3n) is 4.21. The number of benzene rings is 2. The molecule has 2 aromatic heterocycles. The highest BCUT2D eigenvalue weighted by molar-refractivity contribution is 5.92. The summed E-state index contributed by atoms with van der Waals surface area (Å²) in [5.41, 5.74) is 9.48. The Balaban J connectivity index is 1.81. The van der Waals surface area contributed by atoms with Crippen molar-refractivity contribution >= 4 is 11.0 Å². The standard InChI is InChI=1S/C20H16FN3O/c21-16-9-5-8-15(20-14-7-1-2-10-18(14)25-24-20)19(16)17(22)12-13-6-3-4-11-23-13/h1-11,17H,12,22H2/t17-/m0/s1. The van der Waals surface area contributed by atoms with Gasteiger partial charge in [-0.2, -0.15) is 0 Å². The van der Waals surface area contributed by atoms with E-state index < -0.39 is 6.04 Å². The molecule has 25 heavy (non-hydrogen) atoms. The Morgan fingerprint density at radius 3 is 2.68 bits per heavy atom. The second-order valence-corrected chi connectivity index (χ2v) is 5.86. The van der Waals surface area contributed by atoms with Crippen LogP contribution < -0.4 is 5.73 Å². The Morgan fingerprint density at radius 2 is 1.84 bits per heavy atom. The number of fused-ring (bicyclic) bond motifs is 1. The summed E-state index contributed by atoms with van der Waals surface area (Å²) in [6.07, 6.45) is 2.14. The Kier molecular flexibility index (Phi) is 3.99. The van der Waals surface area contributed by atoms with E-state index in [1.807, 2.05) is 48.5 Å². The number of nitrogens with zero attached hydrogens (tertiary/aromatic N) is 2. The molecule has 5 heteroatoms. The first kappa shape index (κ1) is 15.5. The zero-order chi connectivity index (χ0) is 17.2. The SMILES string of the molecule is N[C@@H](Cc1ccccn1)c1c(F)cccc1-c1noc2ccccc12. The molecule has 2 N–H and O–H groups in total. The molecule has 0 aliphatic carbocycles. The fourth-order valence-electron chi connectivity index (χ4n) is 3.05. The molecule has 1 atom stereocenters. The first-order valence-electron chi connectivity index (χ1n) is 8.02. The van der Waals surface area contributed by atoms with Crippen molar-refractivity contribution in [3.8, 4) is 11.3 Å². The van der Waals surface area contributed by atoms with Crippen molar-refractivity contribution in [2.24, 2.45) is 5.73 Å². The summed E-state index contributed by atoms with van der Waals surface area (Å²) in [5.74, 6) is -0.354. The predicted molar refractivity (Wildman–Crippen MR) is 94.3 cm³/mol. The number of hydrogen-bond donors (Lipinski definition) is 1. The molecular weight excluding hydrogens is 317 g/mol. The number of pyridine rings is 1. The van der Waals surface area contributed by atoms with Gasteiger partial charge in [-0.3, -0.25) is 4.98 Å². The molecule has 0 saturated carbocycles. The highest BCUT2D eigenvalue weighted by Crippen LogP contribution is 2.34. The smallest absolute Gasteiger partial charge is 0.167 e. The van der Waals surface area contributed by atoms with Crippen molar-refractivity contribution in [2.45, 2.75) is 12.5 Å². The summed E-state index contributed by atoms with van der Waals surface area (Å²) in [5, 5.41) is 4.98. The highest BCUT2D eigenvalue weighted by atomic mass is 19.1.